The first kappa shape index (κ1) is 11.6. The summed E-state index contributed by atoms with van der Waals surface area (Å²) < 4.78 is 0. The van der Waals surface area contributed by atoms with Crippen LogP contribution in [0, 0.1) is 0 Å². The number of hydrogen-bond acceptors (Lipinski definition) is 1. The Morgan fingerprint density at radius 3 is 2.35 bits per heavy atom. The molecular formula is C15H16NO+. The third-order valence-corrected chi connectivity index (χ3v) is 2.48. The predicted octanol–water partition coefficient (Wildman–Crippen LogP) is 0.710. The van der Waals surface area contributed by atoms with Gasteiger partial charge in [-0.25, -0.2) is 4.99 Å². The Hall–Kier alpha value is -1.93. The van der Waals surface area contributed by atoms with Crippen LogP contribution in [-0.4, -0.2) is 24.0 Å². The molecule has 0 atom stereocenters. The highest BCUT2D eigenvalue weighted by Crippen LogP contribution is 2.11. The summed E-state index contributed by atoms with van der Waals surface area (Å²) in [6.45, 7) is 0.736. The number of allylic oxidation sites excluding steroid dienone is 5. The van der Waals surface area contributed by atoms with Crippen molar-refractivity contribution in [3.8, 4) is 0 Å². The quantitative estimate of drug-likeness (QED) is 0.782. The van der Waals surface area contributed by atoms with E-state index in [1.54, 1.807) is 0 Å². The molecule has 0 unspecified atom stereocenters. The van der Waals surface area contributed by atoms with Crippen molar-refractivity contribution in [2.45, 2.75) is 0 Å². The summed E-state index contributed by atoms with van der Waals surface area (Å²) in [5.74, 6) is 0. The molecule has 0 saturated heterocycles. The maximum Gasteiger partial charge on any atom is 0.198 e. The standard InChI is InChI=1S/C15H15NO/c17-11-10-16-15-8-6-14(7-9-15)12-13-4-2-1-3-5-13/h1-9,12,17H,10-11H2/p+1. The molecule has 1 aromatic rings. The summed E-state index contributed by atoms with van der Waals surface area (Å²) in [7, 11) is 0. The van der Waals surface area contributed by atoms with Crippen LogP contribution in [0.25, 0.3) is 6.08 Å². The molecule has 0 radical (unpaired) electrons. The summed E-state index contributed by atoms with van der Waals surface area (Å²) in [5, 5.41) is 8.71. The molecule has 0 amide bonds. The zero-order valence-corrected chi connectivity index (χ0v) is 9.63. The molecule has 0 spiro atoms. The largest absolute Gasteiger partial charge is 0.390 e. The fourth-order valence-corrected chi connectivity index (χ4v) is 1.64. The van der Waals surface area contributed by atoms with Crippen molar-refractivity contribution < 1.29 is 10.1 Å². The highest BCUT2D eigenvalue weighted by atomic mass is 16.3. The molecule has 0 bridgehead atoms. The van der Waals surface area contributed by atoms with E-state index >= 15 is 0 Å². The van der Waals surface area contributed by atoms with Crippen molar-refractivity contribution in [1.82, 2.24) is 0 Å². The van der Waals surface area contributed by atoms with Crippen molar-refractivity contribution in [1.29, 1.82) is 0 Å². The van der Waals surface area contributed by atoms with E-state index in [2.05, 4.69) is 35.4 Å². The van der Waals surface area contributed by atoms with Gasteiger partial charge in [0.1, 0.15) is 6.61 Å². The van der Waals surface area contributed by atoms with Crippen LogP contribution >= 0.6 is 0 Å². The Bertz CT molecular complexity index is 463. The lowest BCUT2D eigenvalue weighted by molar-refractivity contribution is -0.458. The van der Waals surface area contributed by atoms with Crippen LogP contribution in [-0.2, 0) is 0 Å². The number of aliphatic hydroxyl groups excluding tert-OH is 1. The van der Waals surface area contributed by atoms with Crippen LogP contribution in [0.1, 0.15) is 5.56 Å². The van der Waals surface area contributed by atoms with E-state index in [1.807, 2.05) is 30.4 Å². The van der Waals surface area contributed by atoms with Crippen molar-refractivity contribution in [3.63, 3.8) is 0 Å². The van der Waals surface area contributed by atoms with E-state index in [4.69, 9.17) is 5.11 Å². The molecule has 86 valence electrons. The van der Waals surface area contributed by atoms with Gasteiger partial charge in [-0.15, -0.1) is 0 Å². The van der Waals surface area contributed by atoms with Gasteiger partial charge in [0, 0.05) is 12.2 Å². The Balaban J connectivity index is 2.08. The summed E-state index contributed by atoms with van der Waals surface area (Å²) in [6.07, 6.45) is 10.3. The zero-order valence-electron chi connectivity index (χ0n) is 9.63. The molecule has 1 aliphatic carbocycles. The monoisotopic (exact) mass is 226 g/mol. The highest BCUT2D eigenvalue weighted by molar-refractivity contribution is 6.02. The van der Waals surface area contributed by atoms with Crippen LogP contribution in [0.15, 0.2) is 60.2 Å². The van der Waals surface area contributed by atoms with Crippen LogP contribution in [0.5, 0.6) is 0 Å². The second-order valence-corrected chi connectivity index (χ2v) is 3.83. The molecule has 1 aromatic carbocycles. The van der Waals surface area contributed by atoms with E-state index in [9.17, 15) is 0 Å². The van der Waals surface area contributed by atoms with Gasteiger partial charge in [0.15, 0.2) is 12.3 Å². The minimum atomic E-state index is 0.151. The molecule has 17 heavy (non-hydrogen) atoms. The van der Waals surface area contributed by atoms with Gasteiger partial charge in [-0.2, -0.15) is 0 Å². The van der Waals surface area contributed by atoms with E-state index in [0.717, 1.165) is 5.71 Å². The van der Waals surface area contributed by atoms with E-state index in [0.29, 0.717) is 6.54 Å². The van der Waals surface area contributed by atoms with Gasteiger partial charge in [-0.1, -0.05) is 30.3 Å². The van der Waals surface area contributed by atoms with Gasteiger partial charge in [-0.3, -0.25) is 0 Å². The van der Waals surface area contributed by atoms with Gasteiger partial charge in [-0.05, 0) is 29.4 Å². The van der Waals surface area contributed by atoms with Gasteiger partial charge in [0.25, 0.3) is 0 Å². The van der Waals surface area contributed by atoms with E-state index < -0.39 is 0 Å². The predicted molar refractivity (Wildman–Crippen MR) is 70.6 cm³/mol. The average Bonchev–Trinajstić information content (AvgIpc) is 2.39. The lowest BCUT2D eigenvalue weighted by Crippen LogP contribution is -2.73. The molecule has 2 N–H and O–H groups in total. The SMILES string of the molecule is OCC[NH+]=C1C=CC(=Cc2ccccc2)C=C1. The topological polar surface area (TPSA) is 34.2 Å². The Morgan fingerprint density at radius 2 is 1.71 bits per heavy atom. The molecule has 0 aromatic heterocycles. The molecule has 0 saturated carbocycles. The molecule has 1 aliphatic rings. The average molecular weight is 226 g/mol. The molecule has 2 heteroatoms. The first-order valence-corrected chi connectivity index (χ1v) is 5.73. The molecule has 0 aliphatic heterocycles. The molecule has 2 nitrogen and oxygen atoms in total. The van der Waals surface area contributed by atoms with E-state index in [1.165, 1.54) is 11.1 Å². The molecule has 2 rings (SSSR count). The first-order valence-electron chi connectivity index (χ1n) is 5.73. The third-order valence-electron chi connectivity index (χ3n) is 2.48. The minimum absolute atomic E-state index is 0.151. The van der Waals surface area contributed by atoms with Crippen molar-refractivity contribution in [2.24, 2.45) is 0 Å². The van der Waals surface area contributed by atoms with Crippen LogP contribution < -0.4 is 4.99 Å². The second kappa shape index (κ2) is 5.97. The number of benzene rings is 1. The third kappa shape index (κ3) is 3.54. The molecular weight excluding hydrogens is 210 g/mol. The molecule has 0 fully saturated rings. The first-order chi connectivity index (χ1) is 8.38. The Labute approximate surface area is 101 Å². The van der Waals surface area contributed by atoms with Gasteiger partial charge >= 0.3 is 0 Å². The number of nitrogens with one attached hydrogen (secondary N) is 1. The summed E-state index contributed by atoms with van der Waals surface area (Å²) in [5.41, 5.74) is 3.40. The highest BCUT2D eigenvalue weighted by Gasteiger charge is 2.01. The van der Waals surface area contributed by atoms with Gasteiger partial charge in [0.05, 0.1) is 0 Å². The van der Waals surface area contributed by atoms with Crippen LogP contribution in [0.3, 0.4) is 0 Å². The van der Waals surface area contributed by atoms with Crippen molar-refractivity contribution >= 4 is 11.8 Å². The number of rotatable bonds is 3. The fraction of sp³-hybridized carbons (Fsp3) is 0.133. The molecule has 0 heterocycles. The van der Waals surface area contributed by atoms with Gasteiger partial charge < -0.3 is 5.11 Å². The van der Waals surface area contributed by atoms with Gasteiger partial charge in [0.2, 0.25) is 0 Å². The fourth-order valence-electron chi connectivity index (χ4n) is 1.64. The van der Waals surface area contributed by atoms with Crippen LogP contribution in [0.2, 0.25) is 0 Å². The van der Waals surface area contributed by atoms with Crippen molar-refractivity contribution in [3.05, 3.63) is 65.8 Å². The lowest BCUT2D eigenvalue weighted by atomic mass is 10.1. The minimum Gasteiger partial charge on any atom is -0.390 e. The Morgan fingerprint density at radius 1 is 1.00 bits per heavy atom. The Kier molecular flexibility index (Phi) is 4.05. The summed E-state index contributed by atoms with van der Waals surface area (Å²) in [4.78, 5) is 3.12. The summed E-state index contributed by atoms with van der Waals surface area (Å²) in [6, 6.07) is 10.2. The van der Waals surface area contributed by atoms with Crippen LogP contribution in [0.4, 0.5) is 0 Å². The maximum absolute atomic E-state index is 8.71. The van der Waals surface area contributed by atoms with Crippen molar-refractivity contribution in [2.75, 3.05) is 13.2 Å². The zero-order chi connectivity index (χ0) is 11.9. The lowest BCUT2D eigenvalue weighted by Gasteiger charge is -2.00. The van der Waals surface area contributed by atoms with E-state index in [-0.39, 0.29) is 6.61 Å². The smallest absolute Gasteiger partial charge is 0.198 e. The normalized spacial score (nSPS) is 13.9. The maximum atomic E-state index is 8.71. The number of hydrogen-bond donors (Lipinski definition) is 2. The second-order valence-electron chi connectivity index (χ2n) is 3.83. The number of aliphatic hydroxyl groups is 1. The summed E-state index contributed by atoms with van der Waals surface area (Å²) >= 11 is 0.